The van der Waals surface area contributed by atoms with Gasteiger partial charge < -0.3 is 15.2 Å². The molecule has 0 aliphatic heterocycles. The Bertz CT molecular complexity index is 745. The summed E-state index contributed by atoms with van der Waals surface area (Å²) >= 11 is 0. The van der Waals surface area contributed by atoms with Gasteiger partial charge in [-0.15, -0.1) is 5.10 Å². The van der Waals surface area contributed by atoms with Crippen LogP contribution in [0.15, 0.2) is 36.8 Å². The fourth-order valence-electron chi connectivity index (χ4n) is 2.05. The van der Waals surface area contributed by atoms with Gasteiger partial charge in [-0.1, -0.05) is 11.3 Å². The molecule has 0 saturated heterocycles. The van der Waals surface area contributed by atoms with Crippen molar-refractivity contribution in [2.75, 3.05) is 0 Å². The highest BCUT2D eigenvalue weighted by molar-refractivity contribution is 5.73. The number of carboxylic acid groups (broad SMARTS) is 1. The average Bonchev–Trinajstić information content (AvgIpc) is 3.05. The van der Waals surface area contributed by atoms with Crippen LogP contribution in [0.4, 0.5) is 0 Å². The molecule has 1 atom stereocenters. The van der Waals surface area contributed by atoms with Crippen LogP contribution in [0.1, 0.15) is 11.4 Å². The number of pyridine rings is 1. The number of rotatable bonds is 5. The molecule has 108 valence electrons. The topological polar surface area (TPSA) is 111 Å². The van der Waals surface area contributed by atoms with Gasteiger partial charge in [0.15, 0.2) is 0 Å². The van der Waals surface area contributed by atoms with E-state index in [0.29, 0.717) is 12.2 Å². The van der Waals surface area contributed by atoms with E-state index in [1.165, 1.54) is 0 Å². The SMILES string of the molecule is NC(Cc1cn(Cc2cn3ccccc3n2)nn1)C(=O)O. The van der Waals surface area contributed by atoms with Crippen LogP contribution in [0.2, 0.25) is 0 Å². The van der Waals surface area contributed by atoms with Crippen LogP contribution in [0.25, 0.3) is 5.65 Å². The summed E-state index contributed by atoms with van der Waals surface area (Å²) in [6.45, 7) is 0.469. The first-order valence-corrected chi connectivity index (χ1v) is 6.42. The monoisotopic (exact) mass is 286 g/mol. The molecule has 3 N–H and O–H groups in total. The quantitative estimate of drug-likeness (QED) is 0.679. The van der Waals surface area contributed by atoms with Crippen LogP contribution in [0, 0.1) is 0 Å². The van der Waals surface area contributed by atoms with Crippen LogP contribution in [0.3, 0.4) is 0 Å². The number of aliphatic carboxylic acids is 1. The summed E-state index contributed by atoms with van der Waals surface area (Å²) in [5, 5.41) is 16.7. The number of carbonyl (C=O) groups is 1. The molecule has 8 nitrogen and oxygen atoms in total. The zero-order valence-corrected chi connectivity index (χ0v) is 11.1. The van der Waals surface area contributed by atoms with Gasteiger partial charge in [0.2, 0.25) is 0 Å². The lowest BCUT2D eigenvalue weighted by Crippen LogP contribution is -2.32. The third-order valence-corrected chi connectivity index (χ3v) is 3.07. The van der Waals surface area contributed by atoms with Crippen molar-refractivity contribution in [3.63, 3.8) is 0 Å². The van der Waals surface area contributed by atoms with Crippen molar-refractivity contribution in [2.45, 2.75) is 19.0 Å². The number of hydrogen-bond acceptors (Lipinski definition) is 5. The summed E-state index contributed by atoms with van der Waals surface area (Å²) in [6.07, 6.45) is 5.68. The molecule has 0 amide bonds. The number of fused-ring (bicyclic) bond motifs is 1. The number of nitrogens with zero attached hydrogens (tertiary/aromatic N) is 5. The van der Waals surface area contributed by atoms with Crippen molar-refractivity contribution in [1.82, 2.24) is 24.4 Å². The molecule has 3 aromatic rings. The fraction of sp³-hybridized carbons (Fsp3) is 0.231. The predicted molar refractivity (Wildman–Crippen MR) is 73.6 cm³/mol. The Morgan fingerprint density at radius 3 is 2.95 bits per heavy atom. The van der Waals surface area contributed by atoms with Gasteiger partial charge in [0.05, 0.1) is 17.9 Å². The maximum absolute atomic E-state index is 10.7. The second kappa shape index (κ2) is 5.33. The Kier molecular flexibility index (Phi) is 3.36. The molecule has 0 spiro atoms. The number of carboxylic acids is 1. The fourth-order valence-corrected chi connectivity index (χ4v) is 2.05. The molecule has 8 heteroatoms. The maximum atomic E-state index is 10.7. The second-order valence-electron chi connectivity index (χ2n) is 4.75. The highest BCUT2D eigenvalue weighted by Crippen LogP contribution is 2.06. The van der Waals surface area contributed by atoms with E-state index in [9.17, 15) is 4.79 Å². The summed E-state index contributed by atoms with van der Waals surface area (Å²) in [4.78, 5) is 15.2. The standard InChI is InChI=1S/C13H14N6O2/c14-11(13(20)21)5-9-7-19(17-16-9)8-10-6-18-4-2-1-3-12(18)15-10/h1-4,6-7,11H,5,8,14H2,(H,20,21). The molecule has 0 fully saturated rings. The van der Waals surface area contributed by atoms with Crippen molar-refractivity contribution >= 4 is 11.6 Å². The smallest absolute Gasteiger partial charge is 0.320 e. The molecule has 0 aromatic carbocycles. The van der Waals surface area contributed by atoms with Crippen molar-refractivity contribution in [3.05, 3.63) is 48.2 Å². The van der Waals surface area contributed by atoms with Gasteiger partial charge in [-0.2, -0.15) is 0 Å². The molecular formula is C13H14N6O2. The summed E-state index contributed by atoms with van der Waals surface area (Å²) in [5.41, 5.74) is 7.73. The maximum Gasteiger partial charge on any atom is 0.320 e. The third kappa shape index (κ3) is 2.90. The van der Waals surface area contributed by atoms with Gasteiger partial charge in [-0.3, -0.25) is 4.79 Å². The second-order valence-corrected chi connectivity index (χ2v) is 4.75. The zero-order chi connectivity index (χ0) is 14.8. The lowest BCUT2D eigenvalue weighted by atomic mass is 10.2. The van der Waals surface area contributed by atoms with E-state index in [1.807, 2.05) is 35.0 Å². The molecule has 3 heterocycles. The molecule has 1 unspecified atom stereocenters. The van der Waals surface area contributed by atoms with E-state index >= 15 is 0 Å². The van der Waals surface area contributed by atoms with Crippen LogP contribution < -0.4 is 5.73 Å². The largest absolute Gasteiger partial charge is 0.480 e. The summed E-state index contributed by atoms with van der Waals surface area (Å²) in [5.74, 6) is -1.05. The molecule has 0 saturated carbocycles. The van der Waals surface area contributed by atoms with Gasteiger partial charge in [0.1, 0.15) is 11.7 Å². The van der Waals surface area contributed by atoms with E-state index < -0.39 is 12.0 Å². The van der Waals surface area contributed by atoms with Crippen LogP contribution in [-0.4, -0.2) is 41.5 Å². The summed E-state index contributed by atoms with van der Waals surface area (Å²) in [7, 11) is 0. The predicted octanol–water partition coefficient (Wildman–Crippen LogP) is -0.0715. The van der Waals surface area contributed by atoms with E-state index in [0.717, 1.165) is 11.3 Å². The highest BCUT2D eigenvalue weighted by Gasteiger charge is 2.14. The van der Waals surface area contributed by atoms with Gasteiger partial charge in [-0.05, 0) is 12.1 Å². The number of nitrogens with two attached hydrogens (primary N) is 1. The highest BCUT2D eigenvalue weighted by atomic mass is 16.4. The Labute approximate surface area is 119 Å². The number of aromatic nitrogens is 5. The van der Waals surface area contributed by atoms with Crippen molar-refractivity contribution in [2.24, 2.45) is 5.73 Å². The van der Waals surface area contributed by atoms with Crippen molar-refractivity contribution in [1.29, 1.82) is 0 Å². The minimum absolute atomic E-state index is 0.153. The molecule has 0 aliphatic rings. The van der Waals surface area contributed by atoms with Crippen molar-refractivity contribution < 1.29 is 9.90 Å². The third-order valence-electron chi connectivity index (χ3n) is 3.07. The Morgan fingerprint density at radius 2 is 2.19 bits per heavy atom. The molecule has 3 rings (SSSR count). The molecule has 0 radical (unpaired) electrons. The van der Waals surface area contributed by atoms with Crippen LogP contribution in [0.5, 0.6) is 0 Å². The van der Waals surface area contributed by atoms with Crippen LogP contribution >= 0.6 is 0 Å². The normalized spacial score (nSPS) is 12.6. The summed E-state index contributed by atoms with van der Waals surface area (Å²) in [6, 6.07) is 4.80. The number of imidazole rings is 1. The first kappa shape index (κ1) is 13.3. The first-order valence-electron chi connectivity index (χ1n) is 6.42. The van der Waals surface area contributed by atoms with Crippen LogP contribution in [-0.2, 0) is 17.8 Å². The van der Waals surface area contributed by atoms with E-state index in [1.54, 1.807) is 10.9 Å². The molecule has 21 heavy (non-hydrogen) atoms. The van der Waals surface area contributed by atoms with Gasteiger partial charge in [-0.25, -0.2) is 9.67 Å². The lowest BCUT2D eigenvalue weighted by molar-refractivity contribution is -0.138. The Balaban J connectivity index is 1.73. The number of hydrogen-bond donors (Lipinski definition) is 2. The minimum Gasteiger partial charge on any atom is -0.480 e. The van der Waals surface area contributed by atoms with E-state index in [-0.39, 0.29) is 6.42 Å². The van der Waals surface area contributed by atoms with E-state index in [4.69, 9.17) is 10.8 Å². The Morgan fingerprint density at radius 1 is 1.33 bits per heavy atom. The first-order chi connectivity index (χ1) is 10.1. The molecule has 3 aromatic heterocycles. The minimum atomic E-state index is -1.05. The lowest BCUT2D eigenvalue weighted by Gasteiger charge is -2.01. The van der Waals surface area contributed by atoms with Crippen molar-refractivity contribution in [3.8, 4) is 0 Å². The van der Waals surface area contributed by atoms with Gasteiger partial charge >= 0.3 is 5.97 Å². The van der Waals surface area contributed by atoms with E-state index in [2.05, 4.69) is 15.3 Å². The molecule has 0 aliphatic carbocycles. The average molecular weight is 286 g/mol. The Hall–Kier alpha value is -2.74. The molecular weight excluding hydrogens is 272 g/mol. The molecule has 0 bridgehead atoms. The summed E-state index contributed by atoms with van der Waals surface area (Å²) < 4.78 is 3.54. The van der Waals surface area contributed by atoms with Gasteiger partial charge in [0, 0.05) is 25.0 Å². The van der Waals surface area contributed by atoms with Gasteiger partial charge in [0.25, 0.3) is 0 Å². The zero-order valence-electron chi connectivity index (χ0n) is 11.1.